The Morgan fingerprint density at radius 3 is 2.36 bits per heavy atom. The van der Waals surface area contributed by atoms with E-state index in [0.29, 0.717) is 48.1 Å². The SMILES string of the molecule is C=CC(=O)OCCCCCCOc1ccc(C(=O)Oc2ccc(OOCc3ccc(C)cc3)cc2/C=N/N(CCCCCC)c2nc3ccccc3s2)cc1. The molecule has 0 radical (unpaired) electrons. The zero-order chi connectivity index (χ0) is 38.7. The van der Waals surface area contributed by atoms with Gasteiger partial charge in [0.05, 0.1) is 35.2 Å². The van der Waals surface area contributed by atoms with Gasteiger partial charge in [-0.2, -0.15) is 9.99 Å². The van der Waals surface area contributed by atoms with E-state index >= 15 is 0 Å². The van der Waals surface area contributed by atoms with Gasteiger partial charge in [0, 0.05) is 18.2 Å². The molecule has 0 unspecified atom stereocenters. The molecule has 10 nitrogen and oxygen atoms in total. The highest BCUT2D eigenvalue weighted by Gasteiger charge is 2.16. The lowest BCUT2D eigenvalue weighted by atomic mass is 10.2. The van der Waals surface area contributed by atoms with Crippen molar-refractivity contribution in [2.45, 2.75) is 71.8 Å². The number of carbonyl (C=O) groups excluding carboxylic acids is 2. The largest absolute Gasteiger partial charge is 0.494 e. The number of unbranched alkanes of at least 4 members (excludes halogenated alkanes) is 6. The van der Waals surface area contributed by atoms with Crippen LogP contribution in [0, 0.1) is 6.92 Å². The number of para-hydroxylation sites is 1. The summed E-state index contributed by atoms with van der Waals surface area (Å²) in [7, 11) is 0. The van der Waals surface area contributed by atoms with Gasteiger partial charge >= 0.3 is 11.9 Å². The first-order valence-electron chi connectivity index (χ1n) is 18.8. The van der Waals surface area contributed by atoms with Crippen LogP contribution < -0.4 is 19.4 Å². The molecule has 0 aliphatic rings. The molecule has 0 saturated carbocycles. The summed E-state index contributed by atoms with van der Waals surface area (Å²) in [6.45, 7) is 9.49. The predicted octanol–water partition coefficient (Wildman–Crippen LogP) is 10.4. The molecule has 4 aromatic carbocycles. The van der Waals surface area contributed by atoms with Crippen molar-refractivity contribution in [1.82, 2.24) is 4.98 Å². The number of esters is 2. The molecule has 1 heterocycles. The number of nitrogens with zero attached hydrogens (tertiary/aromatic N) is 3. The molecule has 5 aromatic rings. The number of benzene rings is 4. The Kier molecular flexibility index (Phi) is 16.3. The number of aromatic nitrogens is 1. The van der Waals surface area contributed by atoms with Crippen LogP contribution in [0.15, 0.2) is 109 Å². The standard InChI is InChI=1S/C44H49N3O7S/c1-4-6-7-12-27-47(44-46-39-15-10-11-16-41(39)55-44)45-31-36-30-38(54-52-32-34-19-17-33(3)18-20-34)25-26-40(36)53-43(49)35-21-23-37(24-22-35)50-28-13-8-9-14-29-51-42(48)5-2/h5,10-11,15-26,30-31H,2,4,6-9,12-14,27-29,32H2,1,3H3/b45-31+. The van der Waals surface area contributed by atoms with Crippen molar-refractivity contribution in [2.75, 3.05) is 24.8 Å². The summed E-state index contributed by atoms with van der Waals surface area (Å²) >= 11 is 1.59. The Hall–Kier alpha value is -5.52. The molecule has 0 amide bonds. The molecule has 0 fully saturated rings. The van der Waals surface area contributed by atoms with Gasteiger partial charge in [0.25, 0.3) is 0 Å². The van der Waals surface area contributed by atoms with Crippen molar-refractivity contribution in [3.05, 3.63) is 126 Å². The molecule has 288 valence electrons. The molecule has 5 rings (SSSR count). The van der Waals surface area contributed by atoms with Crippen molar-refractivity contribution < 1.29 is 33.6 Å². The van der Waals surface area contributed by atoms with Gasteiger partial charge in [-0.25, -0.2) is 19.6 Å². The summed E-state index contributed by atoms with van der Waals surface area (Å²) in [5.74, 6) is 0.481. The summed E-state index contributed by atoms with van der Waals surface area (Å²) in [4.78, 5) is 40.6. The molecule has 0 spiro atoms. The minimum absolute atomic E-state index is 0.262. The Labute approximate surface area is 327 Å². The van der Waals surface area contributed by atoms with Crippen LogP contribution in [0.5, 0.6) is 17.2 Å². The Morgan fingerprint density at radius 1 is 0.855 bits per heavy atom. The van der Waals surface area contributed by atoms with E-state index < -0.39 is 11.9 Å². The molecule has 0 aliphatic carbocycles. The van der Waals surface area contributed by atoms with Crippen LogP contribution in [0.2, 0.25) is 0 Å². The number of hydrazone groups is 1. The first-order valence-corrected chi connectivity index (χ1v) is 19.6. The number of anilines is 1. The summed E-state index contributed by atoms with van der Waals surface area (Å²) in [6.07, 6.45) is 10.7. The third-order valence-electron chi connectivity index (χ3n) is 8.56. The predicted molar refractivity (Wildman–Crippen MR) is 218 cm³/mol. The van der Waals surface area contributed by atoms with Crippen LogP contribution in [0.3, 0.4) is 0 Å². The van der Waals surface area contributed by atoms with Gasteiger partial charge in [0.15, 0.2) is 5.75 Å². The maximum absolute atomic E-state index is 13.4. The third kappa shape index (κ3) is 13.4. The van der Waals surface area contributed by atoms with E-state index in [9.17, 15) is 9.59 Å². The van der Waals surface area contributed by atoms with Crippen LogP contribution in [-0.2, 0) is 21.0 Å². The molecular weight excluding hydrogens is 715 g/mol. The fourth-order valence-electron chi connectivity index (χ4n) is 5.44. The highest BCUT2D eigenvalue weighted by Crippen LogP contribution is 2.30. The van der Waals surface area contributed by atoms with Crippen molar-refractivity contribution >= 4 is 44.8 Å². The smallest absolute Gasteiger partial charge is 0.343 e. The lowest BCUT2D eigenvalue weighted by molar-refractivity contribution is -0.217. The van der Waals surface area contributed by atoms with Gasteiger partial charge in [-0.1, -0.05) is 86.1 Å². The van der Waals surface area contributed by atoms with E-state index in [1.54, 1.807) is 60.0 Å². The molecule has 0 bridgehead atoms. The molecule has 55 heavy (non-hydrogen) atoms. The minimum Gasteiger partial charge on any atom is -0.494 e. The van der Waals surface area contributed by atoms with Crippen molar-refractivity contribution in [1.29, 1.82) is 0 Å². The highest BCUT2D eigenvalue weighted by atomic mass is 32.1. The fourth-order valence-corrected chi connectivity index (χ4v) is 6.39. The summed E-state index contributed by atoms with van der Waals surface area (Å²) < 4.78 is 17.9. The quantitative estimate of drug-likeness (QED) is 0.0122. The maximum Gasteiger partial charge on any atom is 0.343 e. The second-order valence-electron chi connectivity index (χ2n) is 13.0. The average molecular weight is 764 g/mol. The summed E-state index contributed by atoms with van der Waals surface area (Å²) in [6, 6.07) is 28.0. The number of hydrogen-bond acceptors (Lipinski definition) is 11. The van der Waals surface area contributed by atoms with Crippen LogP contribution in [0.25, 0.3) is 10.2 Å². The minimum atomic E-state index is -0.523. The monoisotopic (exact) mass is 763 g/mol. The van der Waals surface area contributed by atoms with Gasteiger partial charge in [-0.3, -0.25) is 0 Å². The van der Waals surface area contributed by atoms with Crippen molar-refractivity contribution in [3.8, 4) is 17.2 Å². The van der Waals surface area contributed by atoms with E-state index in [1.807, 2.05) is 54.4 Å². The normalized spacial score (nSPS) is 11.1. The van der Waals surface area contributed by atoms with Gasteiger partial charge in [-0.15, -0.1) is 0 Å². The van der Waals surface area contributed by atoms with Crippen LogP contribution in [-0.4, -0.2) is 42.9 Å². The molecule has 0 saturated heterocycles. The maximum atomic E-state index is 13.4. The Balaban J connectivity index is 1.26. The van der Waals surface area contributed by atoms with Crippen LogP contribution in [0.4, 0.5) is 5.13 Å². The molecule has 0 atom stereocenters. The first kappa shape index (κ1) is 40.7. The first-order chi connectivity index (χ1) is 26.9. The summed E-state index contributed by atoms with van der Waals surface area (Å²) in [5, 5.41) is 7.58. The zero-order valence-corrected chi connectivity index (χ0v) is 32.4. The van der Waals surface area contributed by atoms with E-state index in [-0.39, 0.29) is 6.61 Å². The lowest BCUT2D eigenvalue weighted by Gasteiger charge is -2.16. The average Bonchev–Trinajstić information content (AvgIpc) is 3.64. The number of hydrogen-bond donors (Lipinski definition) is 0. The fraction of sp³-hybridized carbons (Fsp3) is 0.318. The molecule has 0 aliphatic heterocycles. The molecular formula is C44H49N3O7S. The number of rotatable bonds is 23. The Bertz CT molecular complexity index is 1960. The molecule has 0 N–H and O–H groups in total. The molecule has 1 aromatic heterocycles. The highest BCUT2D eigenvalue weighted by molar-refractivity contribution is 7.22. The number of ether oxygens (including phenoxy) is 3. The van der Waals surface area contributed by atoms with Gasteiger partial charge in [0.1, 0.15) is 18.1 Å². The Morgan fingerprint density at radius 2 is 1.60 bits per heavy atom. The van der Waals surface area contributed by atoms with E-state index in [2.05, 4.69) is 19.6 Å². The lowest BCUT2D eigenvalue weighted by Crippen LogP contribution is -2.18. The van der Waals surface area contributed by atoms with E-state index in [1.165, 1.54) is 11.6 Å². The van der Waals surface area contributed by atoms with Gasteiger partial charge in [0.2, 0.25) is 5.13 Å². The topological polar surface area (TPSA) is 109 Å². The summed E-state index contributed by atoms with van der Waals surface area (Å²) in [5.41, 5.74) is 3.97. The number of aryl methyl sites for hydroxylation is 1. The van der Waals surface area contributed by atoms with Crippen LogP contribution >= 0.6 is 11.3 Å². The van der Waals surface area contributed by atoms with E-state index in [4.69, 9.17) is 34.1 Å². The zero-order valence-electron chi connectivity index (χ0n) is 31.6. The van der Waals surface area contributed by atoms with Crippen LogP contribution in [0.1, 0.15) is 85.3 Å². The van der Waals surface area contributed by atoms with Crippen molar-refractivity contribution in [3.63, 3.8) is 0 Å². The van der Waals surface area contributed by atoms with E-state index in [0.717, 1.165) is 72.3 Å². The van der Waals surface area contributed by atoms with Gasteiger partial charge < -0.3 is 19.1 Å². The number of fused-ring (bicyclic) bond motifs is 1. The second-order valence-corrected chi connectivity index (χ2v) is 14.0. The van der Waals surface area contributed by atoms with Crippen molar-refractivity contribution in [2.24, 2.45) is 5.10 Å². The number of thiazole rings is 1. The second kappa shape index (κ2) is 22.0. The number of carbonyl (C=O) groups is 2. The third-order valence-corrected chi connectivity index (χ3v) is 9.61. The van der Waals surface area contributed by atoms with Gasteiger partial charge in [-0.05, 0) is 99.2 Å². The molecule has 11 heteroatoms.